The SMILES string of the molecule is N=C(O[C@H](c1ccc(C(F)(F)F)cc1)[C@H](SCc1ccccc1)c1ccc(C(F)(F)F)cc1)C(Cl)(Cl)Cl. The average molecular weight is 601 g/mol. The zero-order valence-electron chi connectivity index (χ0n) is 18.6. The van der Waals surface area contributed by atoms with Gasteiger partial charge in [-0.3, -0.25) is 5.41 Å². The fourth-order valence-corrected chi connectivity index (χ4v) is 4.78. The summed E-state index contributed by atoms with van der Waals surface area (Å²) in [5, 5.41) is 7.27. The lowest BCUT2D eigenvalue weighted by atomic mass is 9.98. The average Bonchev–Trinajstić information content (AvgIpc) is 2.82. The number of benzene rings is 3. The first-order chi connectivity index (χ1) is 17.2. The van der Waals surface area contributed by atoms with Crippen LogP contribution in [0.2, 0.25) is 0 Å². The molecule has 0 saturated carbocycles. The van der Waals surface area contributed by atoms with Crippen LogP contribution in [0.25, 0.3) is 0 Å². The normalized spacial score (nSPS) is 14.2. The van der Waals surface area contributed by atoms with E-state index in [-0.39, 0.29) is 5.56 Å². The Balaban J connectivity index is 2.07. The van der Waals surface area contributed by atoms with Gasteiger partial charge in [-0.05, 0) is 41.0 Å². The number of ether oxygens (including phenoxy) is 1. The molecule has 12 heteroatoms. The smallest absolute Gasteiger partial charge is 0.416 e. The van der Waals surface area contributed by atoms with E-state index in [1.165, 1.54) is 36.0 Å². The third kappa shape index (κ3) is 8.21. The predicted octanol–water partition coefficient (Wildman–Crippen LogP) is 9.80. The first kappa shape index (κ1) is 29.5. The highest BCUT2D eigenvalue weighted by Gasteiger charge is 2.37. The molecule has 0 radical (unpaired) electrons. The van der Waals surface area contributed by atoms with Crippen LogP contribution in [0.15, 0.2) is 78.9 Å². The minimum Gasteiger partial charge on any atom is -0.468 e. The van der Waals surface area contributed by atoms with Gasteiger partial charge in [0.1, 0.15) is 6.10 Å². The number of alkyl halides is 9. The lowest BCUT2D eigenvalue weighted by molar-refractivity contribution is -0.138. The highest BCUT2D eigenvalue weighted by Crippen LogP contribution is 2.46. The van der Waals surface area contributed by atoms with Crippen molar-refractivity contribution in [2.45, 2.75) is 33.3 Å². The summed E-state index contributed by atoms with van der Waals surface area (Å²) in [4.78, 5) is 0. The van der Waals surface area contributed by atoms with Crippen LogP contribution in [0.4, 0.5) is 26.3 Å². The summed E-state index contributed by atoms with van der Waals surface area (Å²) in [7, 11) is 0. The molecule has 2 atom stereocenters. The van der Waals surface area contributed by atoms with Gasteiger partial charge in [0.2, 0.25) is 5.90 Å². The van der Waals surface area contributed by atoms with E-state index in [0.29, 0.717) is 11.3 Å². The third-order valence-electron chi connectivity index (χ3n) is 5.18. The van der Waals surface area contributed by atoms with Crippen LogP contribution in [0, 0.1) is 5.41 Å². The van der Waals surface area contributed by atoms with Crippen molar-refractivity contribution < 1.29 is 31.1 Å². The summed E-state index contributed by atoms with van der Waals surface area (Å²) >= 11 is 18.6. The van der Waals surface area contributed by atoms with Gasteiger partial charge < -0.3 is 4.74 Å². The number of halogens is 9. The molecule has 37 heavy (non-hydrogen) atoms. The monoisotopic (exact) mass is 599 g/mol. The summed E-state index contributed by atoms with van der Waals surface area (Å²) < 4.78 is 82.3. The summed E-state index contributed by atoms with van der Waals surface area (Å²) in [5.74, 6) is -0.423. The minimum atomic E-state index is -4.59. The second kappa shape index (κ2) is 11.8. The van der Waals surface area contributed by atoms with Crippen molar-refractivity contribution in [3.8, 4) is 0 Å². The van der Waals surface area contributed by atoms with Crippen molar-refractivity contribution >= 4 is 52.5 Å². The molecule has 2 nitrogen and oxygen atoms in total. The van der Waals surface area contributed by atoms with Gasteiger partial charge in [-0.1, -0.05) is 89.4 Å². The Bertz CT molecular complexity index is 1180. The van der Waals surface area contributed by atoms with Gasteiger partial charge in [-0.15, -0.1) is 11.8 Å². The van der Waals surface area contributed by atoms with Crippen molar-refractivity contribution in [2.24, 2.45) is 0 Å². The van der Waals surface area contributed by atoms with Crippen LogP contribution in [0.1, 0.15) is 39.2 Å². The Morgan fingerprint density at radius 3 is 1.62 bits per heavy atom. The van der Waals surface area contributed by atoms with E-state index in [4.69, 9.17) is 44.9 Å². The van der Waals surface area contributed by atoms with Crippen molar-refractivity contribution in [1.82, 2.24) is 0 Å². The van der Waals surface area contributed by atoms with E-state index in [2.05, 4.69) is 0 Å². The number of hydrogen-bond donors (Lipinski definition) is 1. The molecule has 0 aliphatic heterocycles. The first-order valence-electron chi connectivity index (χ1n) is 10.5. The zero-order valence-corrected chi connectivity index (χ0v) is 21.7. The molecule has 0 unspecified atom stereocenters. The maximum absolute atomic E-state index is 13.2. The Labute approximate surface area is 228 Å². The Hall–Kier alpha value is -2.07. The summed E-state index contributed by atoms with van der Waals surface area (Å²) in [6.45, 7) is 0. The molecule has 0 aliphatic carbocycles. The molecule has 0 spiro atoms. The minimum absolute atomic E-state index is 0.206. The number of hydrogen-bond acceptors (Lipinski definition) is 3. The largest absolute Gasteiger partial charge is 0.468 e. The maximum Gasteiger partial charge on any atom is 0.416 e. The highest BCUT2D eigenvalue weighted by atomic mass is 35.6. The molecule has 0 aromatic heterocycles. The Morgan fingerprint density at radius 1 is 0.730 bits per heavy atom. The van der Waals surface area contributed by atoms with Gasteiger partial charge >= 0.3 is 12.4 Å². The molecular formula is C25H18Cl3F6NOS. The molecule has 0 amide bonds. The molecule has 3 aromatic carbocycles. The van der Waals surface area contributed by atoms with Crippen LogP contribution in [-0.2, 0) is 22.8 Å². The summed E-state index contributed by atoms with van der Waals surface area (Å²) in [6.07, 6.45) is -10.3. The second-order valence-electron chi connectivity index (χ2n) is 7.82. The van der Waals surface area contributed by atoms with E-state index in [9.17, 15) is 26.3 Å². The van der Waals surface area contributed by atoms with Crippen molar-refractivity contribution in [3.05, 3.63) is 107 Å². The molecule has 0 heterocycles. The molecule has 3 aromatic rings. The number of nitrogens with one attached hydrogen (secondary N) is 1. The van der Waals surface area contributed by atoms with Gasteiger partial charge in [0.25, 0.3) is 3.79 Å². The Morgan fingerprint density at radius 2 is 1.19 bits per heavy atom. The van der Waals surface area contributed by atoms with Crippen molar-refractivity contribution in [2.75, 3.05) is 0 Å². The zero-order chi connectivity index (χ0) is 27.4. The molecule has 198 valence electrons. The van der Waals surface area contributed by atoms with E-state index < -0.39 is 44.5 Å². The Kier molecular flexibility index (Phi) is 9.37. The van der Waals surface area contributed by atoms with Crippen LogP contribution < -0.4 is 0 Å². The molecule has 3 rings (SSSR count). The lowest BCUT2D eigenvalue weighted by Gasteiger charge is -2.30. The van der Waals surface area contributed by atoms with Gasteiger partial charge in [0.05, 0.1) is 16.4 Å². The van der Waals surface area contributed by atoms with E-state index in [1.54, 1.807) is 0 Å². The lowest BCUT2D eigenvalue weighted by Crippen LogP contribution is -2.26. The quantitative estimate of drug-likeness (QED) is 0.127. The van der Waals surface area contributed by atoms with E-state index in [1.807, 2.05) is 30.3 Å². The van der Waals surface area contributed by atoms with Crippen molar-refractivity contribution in [1.29, 1.82) is 5.41 Å². The second-order valence-corrected chi connectivity index (χ2v) is 11.2. The van der Waals surface area contributed by atoms with Gasteiger partial charge in [-0.25, -0.2) is 0 Å². The van der Waals surface area contributed by atoms with Gasteiger partial charge in [0.15, 0.2) is 0 Å². The van der Waals surface area contributed by atoms with Crippen LogP contribution in [-0.4, -0.2) is 9.69 Å². The fourth-order valence-electron chi connectivity index (χ4n) is 3.34. The fraction of sp³-hybridized carbons (Fsp3) is 0.240. The van der Waals surface area contributed by atoms with E-state index >= 15 is 0 Å². The number of rotatable bonds is 7. The maximum atomic E-state index is 13.2. The topological polar surface area (TPSA) is 33.1 Å². The highest BCUT2D eigenvalue weighted by molar-refractivity contribution is 7.98. The molecule has 0 fully saturated rings. The van der Waals surface area contributed by atoms with Crippen LogP contribution >= 0.6 is 46.6 Å². The standard InChI is InChI=1S/C25H18Cl3F6NOS/c26-23(27,28)22(35)36-20(16-6-10-18(11-7-16)24(29,30)31)21(37-14-15-4-2-1-3-5-15)17-8-12-19(13-9-17)25(32,33)34/h1-13,20-21,35H,14H2/t20-,21-/m1/s1. The molecule has 1 N–H and O–H groups in total. The molecule has 0 saturated heterocycles. The van der Waals surface area contributed by atoms with Crippen molar-refractivity contribution in [3.63, 3.8) is 0 Å². The van der Waals surface area contributed by atoms with Crippen LogP contribution in [0.3, 0.4) is 0 Å². The predicted molar refractivity (Wildman–Crippen MR) is 135 cm³/mol. The molecule has 0 aliphatic rings. The van der Waals surface area contributed by atoms with Crippen LogP contribution in [0.5, 0.6) is 0 Å². The first-order valence-corrected chi connectivity index (χ1v) is 12.7. The summed E-state index contributed by atoms with van der Waals surface area (Å²) in [6, 6.07) is 17.4. The molecular weight excluding hydrogens is 583 g/mol. The van der Waals surface area contributed by atoms with Gasteiger partial charge in [-0.2, -0.15) is 26.3 Å². The number of thioether (sulfide) groups is 1. The molecule has 0 bridgehead atoms. The van der Waals surface area contributed by atoms with Gasteiger partial charge in [0, 0.05) is 5.75 Å². The van der Waals surface area contributed by atoms with E-state index in [0.717, 1.165) is 29.8 Å². The summed E-state index contributed by atoms with van der Waals surface area (Å²) in [5.41, 5.74) is -0.320. The third-order valence-corrected chi connectivity index (χ3v) is 7.08.